The van der Waals surface area contributed by atoms with Gasteiger partial charge in [-0.15, -0.1) is 0 Å². The molecule has 4 rings (SSSR count). The van der Waals surface area contributed by atoms with E-state index in [0.29, 0.717) is 11.3 Å². The second-order valence-corrected chi connectivity index (χ2v) is 10.5. The molecule has 0 aliphatic heterocycles. The first kappa shape index (κ1) is 26.2. The minimum atomic E-state index is -3.80. The van der Waals surface area contributed by atoms with Crippen LogP contribution in [0.25, 0.3) is 0 Å². The Morgan fingerprint density at radius 1 is 0.973 bits per heavy atom. The Bertz CT molecular complexity index is 1440. The minimum Gasteiger partial charge on any atom is -0.383 e. The number of ether oxygens (including phenoxy) is 1. The largest absolute Gasteiger partial charge is 0.383 e. The van der Waals surface area contributed by atoms with Crippen molar-refractivity contribution in [3.8, 4) is 0 Å². The van der Waals surface area contributed by atoms with Gasteiger partial charge in [-0.1, -0.05) is 66.7 Å². The van der Waals surface area contributed by atoms with Crippen molar-refractivity contribution in [1.29, 1.82) is 0 Å². The van der Waals surface area contributed by atoms with Crippen LogP contribution >= 0.6 is 0 Å². The highest BCUT2D eigenvalue weighted by Crippen LogP contribution is 2.21. The van der Waals surface area contributed by atoms with Crippen molar-refractivity contribution in [2.24, 2.45) is 0 Å². The number of benzene rings is 3. The molecule has 0 aliphatic rings. The van der Waals surface area contributed by atoms with Crippen LogP contribution in [0.2, 0.25) is 0 Å². The van der Waals surface area contributed by atoms with E-state index in [0.717, 1.165) is 5.56 Å². The van der Waals surface area contributed by atoms with E-state index >= 15 is 0 Å². The van der Waals surface area contributed by atoms with Crippen molar-refractivity contribution in [3.63, 3.8) is 0 Å². The summed E-state index contributed by atoms with van der Waals surface area (Å²) in [6.07, 6.45) is 1.49. The zero-order valence-electron chi connectivity index (χ0n) is 20.5. The van der Waals surface area contributed by atoms with Crippen LogP contribution in [0.1, 0.15) is 27.2 Å². The van der Waals surface area contributed by atoms with Gasteiger partial charge in [0.25, 0.3) is 5.91 Å². The first-order valence-corrected chi connectivity index (χ1v) is 13.4. The van der Waals surface area contributed by atoms with Crippen LogP contribution in [-0.2, 0) is 33.4 Å². The summed E-state index contributed by atoms with van der Waals surface area (Å²) in [6.45, 7) is 0.812. The number of aromatic nitrogens is 2. The molecule has 0 fully saturated rings. The molecule has 1 aromatic heterocycles. The van der Waals surface area contributed by atoms with Crippen LogP contribution in [0, 0.1) is 5.82 Å². The number of sulfone groups is 1. The van der Waals surface area contributed by atoms with Crippen molar-refractivity contribution in [3.05, 3.63) is 119 Å². The number of halogens is 1. The van der Waals surface area contributed by atoms with Crippen LogP contribution in [0.5, 0.6) is 0 Å². The van der Waals surface area contributed by atoms with Crippen LogP contribution in [0.4, 0.5) is 4.39 Å². The van der Waals surface area contributed by atoms with Gasteiger partial charge in [0.2, 0.25) is 15.0 Å². The molecule has 4 aromatic rings. The quantitative estimate of drug-likeness (QED) is 0.293. The fourth-order valence-corrected chi connectivity index (χ4v) is 5.50. The van der Waals surface area contributed by atoms with Crippen molar-refractivity contribution >= 4 is 15.7 Å². The number of amides is 1. The topological polar surface area (TPSA) is 81.5 Å². The Morgan fingerprint density at radius 3 is 2.30 bits per heavy atom. The lowest BCUT2D eigenvalue weighted by molar-refractivity contribution is 0.0675. The summed E-state index contributed by atoms with van der Waals surface area (Å²) in [5, 5.41) is -0.0693. The zero-order valence-corrected chi connectivity index (χ0v) is 21.3. The highest BCUT2D eigenvalue weighted by Gasteiger charge is 2.26. The van der Waals surface area contributed by atoms with E-state index in [1.165, 1.54) is 36.4 Å². The fourth-order valence-electron chi connectivity index (χ4n) is 4.01. The van der Waals surface area contributed by atoms with Gasteiger partial charge in [0.15, 0.2) is 0 Å². The first-order chi connectivity index (χ1) is 17.9. The van der Waals surface area contributed by atoms with Crippen LogP contribution in [0.3, 0.4) is 0 Å². The maximum Gasteiger partial charge on any atom is 0.254 e. The minimum absolute atomic E-state index is 0.0688. The SMILES string of the molecule is COCCN(Cc1cnc(S(=O)(=O)Cc2ccccc2)n1Cc1ccccc1)C(=O)c1cccc(F)c1. The van der Waals surface area contributed by atoms with E-state index in [1.54, 1.807) is 34.9 Å². The number of carbonyl (C=O) groups is 1. The van der Waals surface area contributed by atoms with E-state index in [2.05, 4.69) is 4.98 Å². The number of methoxy groups -OCH3 is 1. The molecule has 37 heavy (non-hydrogen) atoms. The smallest absolute Gasteiger partial charge is 0.254 e. The van der Waals surface area contributed by atoms with Gasteiger partial charge in [0.1, 0.15) is 5.82 Å². The Hall–Kier alpha value is -3.82. The summed E-state index contributed by atoms with van der Waals surface area (Å²) in [7, 11) is -2.27. The molecule has 1 heterocycles. The molecule has 9 heteroatoms. The summed E-state index contributed by atoms with van der Waals surface area (Å²) in [5.74, 6) is -1.10. The molecule has 3 aromatic carbocycles. The molecular formula is C28H28FN3O4S. The monoisotopic (exact) mass is 521 g/mol. The highest BCUT2D eigenvalue weighted by molar-refractivity contribution is 7.90. The summed E-state index contributed by atoms with van der Waals surface area (Å²) >= 11 is 0. The molecule has 0 spiro atoms. The molecule has 0 atom stereocenters. The van der Waals surface area contributed by atoms with Gasteiger partial charge in [0, 0.05) is 19.2 Å². The number of hydrogen-bond donors (Lipinski definition) is 0. The van der Waals surface area contributed by atoms with Gasteiger partial charge < -0.3 is 14.2 Å². The number of rotatable bonds is 11. The molecule has 7 nitrogen and oxygen atoms in total. The summed E-state index contributed by atoms with van der Waals surface area (Å²) in [4.78, 5) is 19.1. The number of hydrogen-bond acceptors (Lipinski definition) is 5. The third kappa shape index (κ3) is 6.69. The second kappa shape index (κ2) is 11.9. The Balaban J connectivity index is 1.71. The molecule has 0 saturated heterocycles. The molecule has 0 bridgehead atoms. The van der Waals surface area contributed by atoms with Gasteiger partial charge >= 0.3 is 0 Å². The highest BCUT2D eigenvalue weighted by atomic mass is 32.2. The van der Waals surface area contributed by atoms with E-state index in [4.69, 9.17) is 4.74 Å². The third-order valence-corrected chi connectivity index (χ3v) is 7.44. The van der Waals surface area contributed by atoms with Gasteiger partial charge in [-0.3, -0.25) is 4.79 Å². The Kier molecular flexibility index (Phi) is 8.47. The Labute approximate surface area is 216 Å². The molecular weight excluding hydrogens is 493 g/mol. The van der Waals surface area contributed by atoms with Crippen molar-refractivity contribution in [2.45, 2.75) is 24.0 Å². The van der Waals surface area contributed by atoms with E-state index < -0.39 is 21.6 Å². The zero-order chi connectivity index (χ0) is 26.3. The van der Waals surface area contributed by atoms with Gasteiger partial charge in [-0.2, -0.15) is 0 Å². The van der Waals surface area contributed by atoms with E-state index in [-0.39, 0.29) is 42.7 Å². The molecule has 0 aliphatic carbocycles. The standard InChI is InChI=1S/C28H28FN3O4S/c1-36-16-15-31(27(33)24-13-8-14-25(29)17-24)20-26-18-30-28(32(26)19-22-9-4-2-5-10-22)37(34,35)21-23-11-6-3-7-12-23/h2-14,17-18H,15-16,19-21H2,1H3. The molecule has 0 N–H and O–H groups in total. The molecule has 192 valence electrons. The third-order valence-electron chi connectivity index (χ3n) is 5.84. The second-order valence-electron chi connectivity index (χ2n) is 8.58. The van der Waals surface area contributed by atoms with Crippen molar-refractivity contribution < 1.29 is 22.3 Å². The molecule has 0 unspecified atom stereocenters. The van der Waals surface area contributed by atoms with Crippen LogP contribution in [0.15, 0.2) is 96.3 Å². The summed E-state index contributed by atoms with van der Waals surface area (Å²) in [5.41, 5.74) is 2.28. The van der Waals surface area contributed by atoms with Crippen LogP contribution < -0.4 is 0 Å². The molecule has 0 radical (unpaired) electrons. The predicted molar refractivity (Wildman–Crippen MR) is 138 cm³/mol. The fraction of sp³-hybridized carbons (Fsp3) is 0.214. The Morgan fingerprint density at radius 2 is 1.65 bits per heavy atom. The first-order valence-electron chi connectivity index (χ1n) is 11.8. The molecule has 1 amide bonds. The normalized spacial score (nSPS) is 11.4. The van der Waals surface area contributed by atoms with Crippen molar-refractivity contribution in [1.82, 2.24) is 14.5 Å². The van der Waals surface area contributed by atoms with Crippen molar-refractivity contribution in [2.75, 3.05) is 20.3 Å². The maximum absolute atomic E-state index is 13.8. The maximum atomic E-state index is 13.8. The number of carbonyl (C=O) groups excluding carboxylic acids is 1. The average molecular weight is 522 g/mol. The predicted octanol–water partition coefficient (Wildman–Crippen LogP) is 4.33. The summed E-state index contributed by atoms with van der Waals surface area (Å²) < 4.78 is 47.5. The molecule has 0 saturated carbocycles. The van der Waals surface area contributed by atoms with E-state index in [1.807, 2.05) is 36.4 Å². The van der Waals surface area contributed by atoms with Gasteiger partial charge in [-0.05, 0) is 29.3 Å². The number of nitrogens with zero attached hydrogens (tertiary/aromatic N) is 3. The number of imidazole rings is 1. The van der Waals surface area contributed by atoms with E-state index in [9.17, 15) is 17.6 Å². The lowest BCUT2D eigenvalue weighted by Crippen LogP contribution is -2.34. The van der Waals surface area contributed by atoms with Crippen LogP contribution in [-0.4, -0.2) is 49.0 Å². The van der Waals surface area contributed by atoms with Gasteiger partial charge in [-0.25, -0.2) is 17.8 Å². The lowest BCUT2D eigenvalue weighted by Gasteiger charge is -2.23. The lowest BCUT2D eigenvalue weighted by atomic mass is 10.2. The van der Waals surface area contributed by atoms with Gasteiger partial charge in [0.05, 0.1) is 37.3 Å². The average Bonchev–Trinajstić information content (AvgIpc) is 3.30. The summed E-state index contributed by atoms with van der Waals surface area (Å²) in [6, 6.07) is 23.8.